The lowest BCUT2D eigenvalue weighted by Gasteiger charge is -2.32. The van der Waals surface area contributed by atoms with Crippen molar-refractivity contribution in [1.29, 1.82) is 0 Å². The van der Waals surface area contributed by atoms with E-state index in [0.717, 1.165) is 13.1 Å². The average Bonchev–Trinajstić information content (AvgIpc) is 2.87. The summed E-state index contributed by atoms with van der Waals surface area (Å²) < 4.78 is 0. The minimum absolute atomic E-state index is 0.0119. The summed E-state index contributed by atoms with van der Waals surface area (Å²) in [6.45, 7) is 1.59. The summed E-state index contributed by atoms with van der Waals surface area (Å²) in [5, 5.41) is 13.4. The van der Waals surface area contributed by atoms with Gasteiger partial charge in [0.25, 0.3) is 5.91 Å². The molecule has 2 N–H and O–H groups in total. The molecule has 1 aromatic heterocycles. The van der Waals surface area contributed by atoms with Gasteiger partial charge in [0.15, 0.2) is 5.69 Å². The highest BCUT2D eigenvalue weighted by Gasteiger charge is 2.34. The van der Waals surface area contributed by atoms with E-state index in [-0.39, 0.29) is 5.91 Å². The molecule has 2 bridgehead atoms. The van der Waals surface area contributed by atoms with Crippen molar-refractivity contribution in [3.8, 4) is 0 Å². The highest BCUT2D eigenvalue weighted by molar-refractivity contribution is 5.92. The number of piperazine rings is 1. The van der Waals surface area contributed by atoms with Crippen molar-refractivity contribution in [1.82, 2.24) is 25.6 Å². The van der Waals surface area contributed by atoms with Crippen LogP contribution >= 0.6 is 0 Å². The van der Waals surface area contributed by atoms with Gasteiger partial charge in [-0.15, -0.1) is 0 Å². The SMILES string of the molecule is O=C(c1cn[nH]n1)N1CC2CCC(C1)N2. The van der Waals surface area contributed by atoms with E-state index < -0.39 is 0 Å². The van der Waals surface area contributed by atoms with Gasteiger partial charge in [0, 0.05) is 25.2 Å². The van der Waals surface area contributed by atoms with Crippen molar-refractivity contribution < 1.29 is 4.79 Å². The molecule has 2 fully saturated rings. The summed E-state index contributed by atoms with van der Waals surface area (Å²) in [4.78, 5) is 13.8. The zero-order chi connectivity index (χ0) is 10.3. The van der Waals surface area contributed by atoms with Gasteiger partial charge in [0.2, 0.25) is 0 Å². The van der Waals surface area contributed by atoms with Gasteiger partial charge in [-0.1, -0.05) is 0 Å². The van der Waals surface area contributed by atoms with Crippen LogP contribution in [0.2, 0.25) is 0 Å². The molecule has 6 nitrogen and oxygen atoms in total. The van der Waals surface area contributed by atoms with Crippen LogP contribution in [0.15, 0.2) is 6.20 Å². The Kier molecular flexibility index (Phi) is 1.95. The topological polar surface area (TPSA) is 73.9 Å². The molecule has 2 atom stereocenters. The fraction of sp³-hybridized carbons (Fsp3) is 0.667. The smallest absolute Gasteiger partial charge is 0.276 e. The first-order chi connectivity index (χ1) is 7.33. The summed E-state index contributed by atoms with van der Waals surface area (Å²) in [5.74, 6) is -0.0119. The van der Waals surface area contributed by atoms with Gasteiger partial charge in [-0.3, -0.25) is 4.79 Å². The molecule has 2 aliphatic heterocycles. The number of H-pyrrole nitrogens is 1. The second-order valence-electron chi connectivity index (χ2n) is 4.20. The average molecular weight is 207 g/mol. The largest absolute Gasteiger partial charge is 0.334 e. The highest BCUT2D eigenvalue weighted by Crippen LogP contribution is 2.20. The molecule has 6 heteroatoms. The van der Waals surface area contributed by atoms with E-state index in [2.05, 4.69) is 20.7 Å². The van der Waals surface area contributed by atoms with Gasteiger partial charge < -0.3 is 10.2 Å². The first kappa shape index (κ1) is 8.84. The van der Waals surface area contributed by atoms with Gasteiger partial charge in [-0.05, 0) is 12.8 Å². The van der Waals surface area contributed by atoms with E-state index in [1.165, 1.54) is 19.0 Å². The molecular formula is C9H13N5O. The number of carbonyl (C=O) groups excluding carboxylic acids is 1. The van der Waals surface area contributed by atoms with Crippen LogP contribution in [0.25, 0.3) is 0 Å². The Balaban J connectivity index is 1.75. The van der Waals surface area contributed by atoms with Gasteiger partial charge in [-0.25, -0.2) is 0 Å². The molecule has 1 aromatic rings. The van der Waals surface area contributed by atoms with E-state index in [1.807, 2.05) is 4.90 Å². The number of aromatic amines is 1. The number of amides is 1. The lowest BCUT2D eigenvalue weighted by atomic mass is 10.2. The molecule has 2 aliphatic rings. The normalized spacial score (nSPS) is 29.5. The van der Waals surface area contributed by atoms with Crippen LogP contribution in [-0.2, 0) is 0 Å². The van der Waals surface area contributed by atoms with Crippen LogP contribution in [-0.4, -0.2) is 51.4 Å². The van der Waals surface area contributed by atoms with Crippen LogP contribution in [0.4, 0.5) is 0 Å². The molecule has 0 aromatic carbocycles. The molecule has 15 heavy (non-hydrogen) atoms. The van der Waals surface area contributed by atoms with E-state index in [9.17, 15) is 4.79 Å². The number of nitrogens with zero attached hydrogens (tertiary/aromatic N) is 3. The number of hydrogen-bond donors (Lipinski definition) is 2. The van der Waals surface area contributed by atoms with Crippen LogP contribution in [0.3, 0.4) is 0 Å². The number of likely N-dealkylation sites (tertiary alicyclic amines) is 1. The number of aromatic nitrogens is 3. The molecule has 3 rings (SSSR count). The Bertz CT molecular complexity index is 351. The van der Waals surface area contributed by atoms with Crippen molar-refractivity contribution in [3.05, 3.63) is 11.9 Å². The fourth-order valence-electron chi connectivity index (χ4n) is 2.43. The summed E-state index contributed by atoms with van der Waals surface area (Å²) in [5.41, 5.74) is 0.413. The third-order valence-corrected chi connectivity index (χ3v) is 3.14. The molecule has 3 heterocycles. The molecule has 80 valence electrons. The molecule has 1 amide bonds. The zero-order valence-corrected chi connectivity index (χ0v) is 8.31. The Morgan fingerprint density at radius 2 is 2.13 bits per heavy atom. The predicted molar refractivity (Wildman–Crippen MR) is 52.2 cm³/mol. The third-order valence-electron chi connectivity index (χ3n) is 3.14. The number of fused-ring (bicyclic) bond motifs is 2. The first-order valence-electron chi connectivity index (χ1n) is 5.24. The van der Waals surface area contributed by atoms with E-state index in [1.54, 1.807) is 0 Å². The summed E-state index contributed by atoms with van der Waals surface area (Å²) in [6, 6.07) is 0.944. The first-order valence-corrected chi connectivity index (χ1v) is 5.24. The van der Waals surface area contributed by atoms with Crippen molar-refractivity contribution in [3.63, 3.8) is 0 Å². The van der Waals surface area contributed by atoms with Crippen molar-refractivity contribution in [2.24, 2.45) is 0 Å². The maximum absolute atomic E-state index is 12.0. The maximum Gasteiger partial charge on any atom is 0.276 e. The minimum Gasteiger partial charge on any atom is -0.334 e. The quantitative estimate of drug-likeness (QED) is 0.643. The monoisotopic (exact) mass is 207 g/mol. The van der Waals surface area contributed by atoms with Gasteiger partial charge in [0.1, 0.15) is 0 Å². The standard InChI is InChI=1S/C9H13N5O/c15-9(8-3-10-13-12-8)14-4-6-1-2-7(5-14)11-6/h3,6-7,11H,1-2,4-5H2,(H,10,12,13). The van der Waals surface area contributed by atoms with Crippen molar-refractivity contribution >= 4 is 5.91 Å². The Hall–Kier alpha value is -1.43. The van der Waals surface area contributed by atoms with Gasteiger partial charge in [0.05, 0.1) is 6.20 Å². The molecular weight excluding hydrogens is 194 g/mol. The fourth-order valence-corrected chi connectivity index (χ4v) is 2.43. The second kappa shape index (κ2) is 3.30. The molecule has 0 saturated carbocycles. The highest BCUT2D eigenvalue weighted by atomic mass is 16.2. The van der Waals surface area contributed by atoms with Crippen LogP contribution < -0.4 is 5.32 Å². The van der Waals surface area contributed by atoms with Gasteiger partial charge >= 0.3 is 0 Å². The summed E-state index contributed by atoms with van der Waals surface area (Å²) >= 11 is 0. The Morgan fingerprint density at radius 3 is 2.73 bits per heavy atom. The maximum atomic E-state index is 12.0. The Morgan fingerprint density at radius 1 is 1.40 bits per heavy atom. The van der Waals surface area contributed by atoms with E-state index in [0.29, 0.717) is 17.8 Å². The number of hydrogen-bond acceptors (Lipinski definition) is 4. The van der Waals surface area contributed by atoms with Crippen LogP contribution in [0, 0.1) is 0 Å². The lowest BCUT2D eigenvalue weighted by Crippen LogP contribution is -2.53. The van der Waals surface area contributed by atoms with Crippen molar-refractivity contribution in [2.75, 3.05) is 13.1 Å². The third kappa shape index (κ3) is 1.50. The van der Waals surface area contributed by atoms with E-state index in [4.69, 9.17) is 0 Å². The minimum atomic E-state index is -0.0119. The number of carbonyl (C=O) groups is 1. The van der Waals surface area contributed by atoms with Crippen molar-refractivity contribution in [2.45, 2.75) is 24.9 Å². The summed E-state index contributed by atoms with van der Waals surface area (Å²) in [7, 11) is 0. The molecule has 2 unspecified atom stereocenters. The van der Waals surface area contributed by atoms with Crippen LogP contribution in [0.5, 0.6) is 0 Å². The lowest BCUT2D eigenvalue weighted by molar-refractivity contribution is 0.0691. The molecule has 0 aliphatic carbocycles. The zero-order valence-electron chi connectivity index (χ0n) is 8.31. The molecule has 2 saturated heterocycles. The second-order valence-corrected chi connectivity index (χ2v) is 4.20. The number of nitrogens with one attached hydrogen (secondary N) is 2. The summed E-state index contributed by atoms with van der Waals surface area (Å²) in [6.07, 6.45) is 3.83. The molecule has 0 radical (unpaired) electrons. The Labute approximate surface area is 87.0 Å². The van der Waals surface area contributed by atoms with Gasteiger partial charge in [-0.2, -0.15) is 15.4 Å². The van der Waals surface area contributed by atoms with E-state index >= 15 is 0 Å². The predicted octanol–water partition coefficient (Wildman–Crippen LogP) is -0.619. The number of rotatable bonds is 1. The molecule has 0 spiro atoms. The van der Waals surface area contributed by atoms with Crippen LogP contribution in [0.1, 0.15) is 23.3 Å².